The molecule has 1 N–H and O–H groups in total. The van der Waals surface area contributed by atoms with Crippen LogP contribution in [0.5, 0.6) is 11.5 Å². The van der Waals surface area contributed by atoms with Crippen molar-refractivity contribution in [2.45, 2.75) is 64.5 Å². The van der Waals surface area contributed by atoms with E-state index in [-0.39, 0.29) is 23.6 Å². The van der Waals surface area contributed by atoms with E-state index in [1.165, 1.54) is 12.1 Å². The van der Waals surface area contributed by atoms with Crippen LogP contribution in [0, 0.1) is 0 Å². The highest BCUT2D eigenvalue weighted by Crippen LogP contribution is 2.40. The van der Waals surface area contributed by atoms with Crippen LogP contribution in [0.25, 0.3) is 10.9 Å². The third-order valence-electron chi connectivity index (χ3n) is 5.72. The van der Waals surface area contributed by atoms with Crippen molar-refractivity contribution in [1.29, 1.82) is 0 Å². The molecule has 1 aliphatic carbocycles. The SMILES string of the molecule is [2H]C([2H])([2H])Oc1cc2nc3c(c(N[C@@H]4CCCN(C(=O)OC(C)(C)C)C4)c2cc1OC([2H])([2H])[2H])CCC3. The normalized spacial score (nSPS) is 22.3. The van der Waals surface area contributed by atoms with Crippen LogP contribution in [0.15, 0.2) is 12.1 Å². The Morgan fingerprint density at radius 1 is 1.19 bits per heavy atom. The van der Waals surface area contributed by atoms with E-state index in [0.717, 1.165) is 49.0 Å². The maximum atomic E-state index is 12.7. The molecule has 2 aromatic rings. The zero-order chi connectivity index (χ0) is 27.2. The quantitative estimate of drug-likeness (QED) is 0.762. The molecule has 1 aromatic heterocycles. The van der Waals surface area contributed by atoms with Gasteiger partial charge in [-0.2, -0.15) is 0 Å². The Bertz CT molecular complexity index is 1180. The summed E-state index contributed by atoms with van der Waals surface area (Å²) in [6, 6.07) is 2.83. The molecule has 1 atom stereocenters. The fourth-order valence-electron chi connectivity index (χ4n) is 4.39. The van der Waals surface area contributed by atoms with E-state index < -0.39 is 19.7 Å². The van der Waals surface area contributed by atoms with Gasteiger partial charge in [-0.05, 0) is 64.5 Å². The van der Waals surface area contributed by atoms with Crippen molar-refractivity contribution < 1.29 is 27.2 Å². The highest BCUT2D eigenvalue weighted by molar-refractivity contribution is 5.96. The molecule has 0 spiro atoms. The van der Waals surface area contributed by atoms with Gasteiger partial charge in [0.2, 0.25) is 0 Å². The number of amides is 1. The molecule has 4 rings (SSSR count). The Morgan fingerprint density at radius 2 is 1.97 bits per heavy atom. The minimum absolute atomic E-state index is 0.0677. The second kappa shape index (κ2) is 8.44. The number of hydrogen-bond acceptors (Lipinski definition) is 6. The van der Waals surface area contributed by atoms with Crippen LogP contribution in [0.2, 0.25) is 0 Å². The van der Waals surface area contributed by atoms with Gasteiger partial charge in [0, 0.05) is 42.0 Å². The number of nitrogens with zero attached hydrogens (tertiary/aromatic N) is 2. The number of aryl methyl sites for hydroxylation is 1. The Hall–Kier alpha value is -2.70. The lowest BCUT2D eigenvalue weighted by atomic mass is 10.0. The number of hydrogen-bond donors (Lipinski definition) is 1. The van der Waals surface area contributed by atoms with Crippen molar-refractivity contribution in [3.8, 4) is 11.5 Å². The Labute approximate surface area is 192 Å². The average molecular weight is 434 g/mol. The van der Waals surface area contributed by atoms with Crippen LogP contribution in [0.3, 0.4) is 0 Å². The zero-order valence-electron chi connectivity index (χ0n) is 24.2. The number of benzene rings is 1. The van der Waals surface area contributed by atoms with Crippen molar-refractivity contribution in [2.24, 2.45) is 0 Å². The molecule has 1 fully saturated rings. The number of aromatic nitrogens is 1. The standard InChI is InChI=1S/C24H33N3O4/c1-24(2,3)31-23(28)27-11-7-8-15(14-27)25-22-16-9-6-10-18(16)26-19-13-21(30-5)20(29-4)12-17(19)22/h12-13,15H,6-11,14H2,1-5H3,(H,25,26)/t15-/m1/s1/i4D3,5D3. The predicted molar refractivity (Wildman–Crippen MR) is 121 cm³/mol. The molecule has 1 aromatic carbocycles. The van der Waals surface area contributed by atoms with E-state index in [1.807, 2.05) is 20.8 Å². The first-order valence-electron chi connectivity index (χ1n) is 13.7. The predicted octanol–water partition coefficient (Wildman–Crippen LogP) is 4.55. The summed E-state index contributed by atoms with van der Waals surface area (Å²) in [5.74, 6) is -0.417. The fourth-order valence-corrected chi connectivity index (χ4v) is 4.39. The highest BCUT2D eigenvalue weighted by Gasteiger charge is 2.29. The van der Waals surface area contributed by atoms with Gasteiger partial charge in [0.1, 0.15) is 5.60 Å². The van der Waals surface area contributed by atoms with Crippen LogP contribution < -0.4 is 14.8 Å². The van der Waals surface area contributed by atoms with E-state index in [9.17, 15) is 4.79 Å². The number of carbonyl (C=O) groups excluding carboxylic acids is 1. The average Bonchev–Trinajstić information content (AvgIpc) is 3.20. The minimum Gasteiger partial charge on any atom is -0.493 e. The molecule has 1 aliphatic heterocycles. The topological polar surface area (TPSA) is 72.9 Å². The van der Waals surface area contributed by atoms with Gasteiger partial charge in [-0.1, -0.05) is 0 Å². The molecular weight excluding hydrogens is 394 g/mol. The lowest BCUT2D eigenvalue weighted by Crippen LogP contribution is -2.47. The first-order chi connectivity index (χ1) is 17.1. The maximum Gasteiger partial charge on any atom is 0.410 e. The molecule has 168 valence electrons. The number of carbonyl (C=O) groups is 1. The van der Waals surface area contributed by atoms with Gasteiger partial charge in [-0.3, -0.25) is 4.98 Å². The van der Waals surface area contributed by atoms with E-state index in [0.29, 0.717) is 24.0 Å². The molecular formula is C24H33N3O4. The van der Waals surface area contributed by atoms with Gasteiger partial charge < -0.3 is 24.4 Å². The van der Waals surface area contributed by atoms with Gasteiger partial charge in [0.25, 0.3) is 0 Å². The molecule has 7 nitrogen and oxygen atoms in total. The van der Waals surface area contributed by atoms with Gasteiger partial charge >= 0.3 is 6.09 Å². The molecule has 2 heterocycles. The van der Waals surface area contributed by atoms with Gasteiger partial charge in [0.15, 0.2) is 11.5 Å². The monoisotopic (exact) mass is 433 g/mol. The molecule has 0 unspecified atom stereocenters. The summed E-state index contributed by atoms with van der Waals surface area (Å²) in [7, 11) is -5.61. The van der Waals surface area contributed by atoms with E-state index >= 15 is 0 Å². The number of rotatable bonds is 4. The summed E-state index contributed by atoms with van der Waals surface area (Å²) in [5, 5.41) is 4.20. The molecule has 2 aliphatic rings. The van der Waals surface area contributed by atoms with E-state index in [1.54, 1.807) is 4.90 Å². The van der Waals surface area contributed by atoms with E-state index in [2.05, 4.69) is 5.32 Å². The number of likely N-dealkylation sites (tertiary alicyclic amines) is 1. The molecule has 0 saturated carbocycles. The van der Waals surface area contributed by atoms with Crippen molar-refractivity contribution in [1.82, 2.24) is 9.88 Å². The minimum atomic E-state index is -2.81. The third kappa shape index (κ3) is 4.50. The number of anilines is 1. The number of ether oxygens (including phenoxy) is 3. The largest absolute Gasteiger partial charge is 0.493 e. The molecule has 0 bridgehead atoms. The van der Waals surface area contributed by atoms with Crippen molar-refractivity contribution in [2.75, 3.05) is 32.5 Å². The lowest BCUT2D eigenvalue weighted by molar-refractivity contribution is 0.0206. The Morgan fingerprint density at radius 3 is 2.71 bits per heavy atom. The van der Waals surface area contributed by atoms with Crippen LogP contribution in [0.1, 0.15) is 59.5 Å². The van der Waals surface area contributed by atoms with Gasteiger partial charge in [0.05, 0.1) is 27.8 Å². The van der Waals surface area contributed by atoms with Crippen LogP contribution in [0.4, 0.5) is 10.5 Å². The molecule has 31 heavy (non-hydrogen) atoms. The summed E-state index contributed by atoms with van der Waals surface area (Å²) >= 11 is 0. The lowest BCUT2D eigenvalue weighted by Gasteiger charge is -2.35. The smallest absolute Gasteiger partial charge is 0.410 e. The molecule has 1 amide bonds. The van der Waals surface area contributed by atoms with Crippen LogP contribution in [-0.2, 0) is 17.6 Å². The Balaban J connectivity index is 1.72. The Kier molecular flexibility index (Phi) is 4.13. The number of pyridine rings is 1. The number of piperidine rings is 1. The number of fused-ring (bicyclic) bond motifs is 2. The number of nitrogens with one attached hydrogen (secondary N) is 1. The van der Waals surface area contributed by atoms with Crippen molar-refractivity contribution in [3.05, 3.63) is 23.4 Å². The molecule has 7 heteroatoms. The summed E-state index contributed by atoms with van der Waals surface area (Å²) in [6.45, 7) is 6.56. The summed E-state index contributed by atoms with van der Waals surface area (Å²) in [4.78, 5) is 19.1. The first kappa shape index (κ1) is 15.2. The highest BCUT2D eigenvalue weighted by atomic mass is 16.6. The summed E-state index contributed by atoms with van der Waals surface area (Å²) in [6.07, 6.45) is 3.76. The summed E-state index contributed by atoms with van der Waals surface area (Å²) < 4.78 is 60.9. The first-order valence-corrected chi connectivity index (χ1v) is 10.7. The third-order valence-corrected chi connectivity index (χ3v) is 5.72. The molecule has 1 saturated heterocycles. The fraction of sp³-hybridized carbons (Fsp3) is 0.583. The van der Waals surface area contributed by atoms with Crippen molar-refractivity contribution in [3.63, 3.8) is 0 Å². The van der Waals surface area contributed by atoms with Gasteiger partial charge in [-0.15, -0.1) is 0 Å². The second-order valence-electron chi connectivity index (χ2n) is 9.20. The zero-order valence-corrected chi connectivity index (χ0v) is 18.2. The van der Waals surface area contributed by atoms with Gasteiger partial charge in [-0.25, -0.2) is 4.79 Å². The van der Waals surface area contributed by atoms with Crippen LogP contribution >= 0.6 is 0 Å². The maximum absolute atomic E-state index is 12.7. The number of methoxy groups -OCH3 is 2. The summed E-state index contributed by atoms with van der Waals surface area (Å²) in [5.41, 5.74) is 2.61. The van der Waals surface area contributed by atoms with E-state index in [4.69, 9.17) is 27.4 Å². The molecule has 0 radical (unpaired) electrons. The second-order valence-corrected chi connectivity index (χ2v) is 9.20. The van der Waals surface area contributed by atoms with Crippen molar-refractivity contribution >= 4 is 22.7 Å². The van der Waals surface area contributed by atoms with Crippen LogP contribution in [-0.4, -0.2) is 54.8 Å².